The summed E-state index contributed by atoms with van der Waals surface area (Å²) in [6.07, 6.45) is 0.749. The number of nitro groups is 1. The molecule has 0 bridgehead atoms. The van der Waals surface area contributed by atoms with Crippen molar-refractivity contribution in [1.82, 2.24) is 0 Å². The van der Waals surface area contributed by atoms with Gasteiger partial charge in [0.05, 0.1) is 22.1 Å². The zero-order chi connectivity index (χ0) is 29.2. The summed E-state index contributed by atoms with van der Waals surface area (Å²) in [5.41, 5.74) is 0.991. The molecule has 0 aliphatic rings. The van der Waals surface area contributed by atoms with Crippen LogP contribution in [0.2, 0.25) is 0 Å². The summed E-state index contributed by atoms with van der Waals surface area (Å²) >= 11 is 0. The van der Waals surface area contributed by atoms with E-state index in [1.54, 1.807) is 26.0 Å². The number of sulfonamides is 1. The molecule has 0 saturated carbocycles. The van der Waals surface area contributed by atoms with Crippen LogP contribution in [0, 0.1) is 23.0 Å². The van der Waals surface area contributed by atoms with Gasteiger partial charge in [-0.1, -0.05) is 26.0 Å². The summed E-state index contributed by atoms with van der Waals surface area (Å²) in [6, 6.07) is 15.2. The molecule has 40 heavy (non-hydrogen) atoms. The number of nitrogens with zero attached hydrogens (tertiary/aromatic N) is 2. The molecule has 0 N–H and O–H groups in total. The number of nitro benzene ring substituents is 1. The van der Waals surface area contributed by atoms with Gasteiger partial charge in [-0.25, -0.2) is 13.2 Å². The predicted molar refractivity (Wildman–Crippen MR) is 149 cm³/mol. The summed E-state index contributed by atoms with van der Waals surface area (Å²) in [6.45, 7) is 7.46. The van der Waals surface area contributed by atoms with Gasteiger partial charge >= 0.3 is 5.97 Å². The van der Waals surface area contributed by atoms with Crippen LogP contribution in [0.25, 0.3) is 11.0 Å². The van der Waals surface area contributed by atoms with Crippen molar-refractivity contribution in [2.24, 2.45) is 5.92 Å². The van der Waals surface area contributed by atoms with Crippen molar-refractivity contribution in [3.63, 3.8) is 0 Å². The van der Waals surface area contributed by atoms with Crippen LogP contribution in [0.4, 0.5) is 11.4 Å². The molecule has 0 aliphatic carbocycles. The highest BCUT2D eigenvalue weighted by Gasteiger charge is 2.33. The Morgan fingerprint density at radius 2 is 1.68 bits per heavy atom. The number of carbonyl (C=O) groups excluding carboxylic acids is 2. The third-order valence-electron chi connectivity index (χ3n) is 6.18. The first-order chi connectivity index (χ1) is 18.9. The summed E-state index contributed by atoms with van der Waals surface area (Å²) in [5.74, 6) is -0.935. The Kier molecular flexibility index (Phi) is 8.06. The van der Waals surface area contributed by atoms with E-state index in [1.165, 1.54) is 42.5 Å². The van der Waals surface area contributed by atoms with Gasteiger partial charge in [0.25, 0.3) is 21.6 Å². The lowest BCUT2D eigenvalue weighted by Gasteiger charge is -2.23. The normalized spacial score (nSPS) is 11.5. The van der Waals surface area contributed by atoms with Crippen molar-refractivity contribution in [3.05, 3.63) is 99.3 Å². The summed E-state index contributed by atoms with van der Waals surface area (Å²) in [7, 11) is -4.48. The minimum atomic E-state index is -4.48. The van der Waals surface area contributed by atoms with Gasteiger partial charge in [0.1, 0.15) is 16.9 Å². The standard InChI is InChI=1S/C29H28N2O8S/c1-5-38-29(33)27-19(4)39-26-15-12-23(17-25(26)27)30(28(32)21-8-10-22(11-9-21)31(34)35)40(36,37)24-13-6-20(7-14-24)16-18(2)3/h6-15,17-18H,5,16H2,1-4H3. The molecule has 0 spiro atoms. The number of furan rings is 1. The largest absolute Gasteiger partial charge is 0.462 e. The van der Waals surface area contributed by atoms with Gasteiger partial charge in [-0.15, -0.1) is 0 Å². The van der Waals surface area contributed by atoms with Crippen LogP contribution in [-0.4, -0.2) is 31.8 Å². The van der Waals surface area contributed by atoms with Crippen molar-refractivity contribution in [3.8, 4) is 0 Å². The quantitative estimate of drug-likeness (QED) is 0.136. The van der Waals surface area contributed by atoms with Gasteiger partial charge in [-0.05, 0) is 74.2 Å². The highest BCUT2D eigenvalue weighted by Crippen LogP contribution is 2.33. The van der Waals surface area contributed by atoms with Crippen molar-refractivity contribution in [2.45, 2.75) is 39.0 Å². The summed E-state index contributed by atoms with van der Waals surface area (Å²) < 4.78 is 39.5. The fraction of sp³-hybridized carbons (Fsp3) is 0.241. The van der Waals surface area contributed by atoms with Crippen LogP contribution in [0.3, 0.4) is 0 Å². The van der Waals surface area contributed by atoms with E-state index in [1.807, 2.05) is 13.8 Å². The maximum absolute atomic E-state index is 14.0. The number of benzene rings is 3. The average molecular weight is 565 g/mol. The number of hydrogen-bond donors (Lipinski definition) is 0. The van der Waals surface area contributed by atoms with Crippen LogP contribution >= 0.6 is 0 Å². The first-order valence-electron chi connectivity index (χ1n) is 12.6. The number of non-ortho nitro benzene ring substituents is 1. The van der Waals surface area contributed by atoms with E-state index in [0.717, 1.165) is 24.1 Å². The second-order valence-corrected chi connectivity index (χ2v) is 11.3. The Labute approximate surface area is 231 Å². The molecule has 0 unspecified atom stereocenters. The first kappa shape index (κ1) is 28.5. The van der Waals surface area contributed by atoms with Gasteiger partial charge in [0, 0.05) is 23.1 Å². The third kappa shape index (κ3) is 5.59. The molecule has 1 heterocycles. The molecule has 10 nitrogen and oxygen atoms in total. The smallest absolute Gasteiger partial charge is 0.342 e. The molecule has 0 aliphatic heterocycles. The SMILES string of the molecule is CCOC(=O)c1c(C)oc2ccc(N(C(=O)c3ccc([N+](=O)[O-])cc3)S(=O)(=O)c3ccc(CC(C)C)cc3)cc12. The fourth-order valence-electron chi connectivity index (χ4n) is 4.37. The van der Waals surface area contributed by atoms with E-state index in [0.29, 0.717) is 15.8 Å². The molecule has 4 aromatic rings. The van der Waals surface area contributed by atoms with Crippen molar-refractivity contribution in [1.29, 1.82) is 0 Å². The third-order valence-corrected chi connectivity index (χ3v) is 7.90. The van der Waals surface area contributed by atoms with Gasteiger partial charge in [-0.3, -0.25) is 14.9 Å². The van der Waals surface area contributed by atoms with Crippen LogP contribution in [0.15, 0.2) is 76.0 Å². The zero-order valence-corrected chi connectivity index (χ0v) is 23.2. The highest BCUT2D eigenvalue weighted by molar-refractivity contribution is 7.93. The number of carbonyl (C=O) groups is 2. The second-order valence-electron chi connectivity index (χ2n) is 9.55. The number of anilines is 1. The lowest BCUT2D eigenvalue weighted by Crippen LogP contribution is -2.37. The first-order valence-corrected chi connectivity index (χ1v) is 14.0. The summed E-state index contributed by atoms with van der Waals surface area (Å²) in [5, 5.41) is 11.4. The Morgan fingerprint density at radius 3 is 2.25 bits per heavy atom. The highest BCUT2D eigenvalue weighted by atomic mass is 32.2. The molecule has 3 aromatic carbocycles. The van der Waals surface area contributed by atoms with Gasteiger partial charge in [0.2, 0.25) is 0 Å². The number of hydrogen-bond acceptors (Lipinski definition) is 8. The monoisotopic (exact) mass is 564 g/mol. The molecule has 0 fully saturated rings. The average Bonchev–Trinajstić information content (AvgIpc) is 3.23. The van der Waals surface area contributed by atoms with Crippen LogP contribution in [0.5, 0.6) is 0 Å². The topological polar surface area (TPSA) is 137 Å². The minimum absolute atomic E-state index is 0.0477. The Balaban J connectivity index is 1.88. The Hall–Kier alpha value is -4.51. The number of ether oxygens (including phenoxy) is 1. The molecule has 1 amide bonds. The fourth-order valence-corrected chi connectivity index (χ4v) is 5.78. The van der Waals surface area contributed by atoms with Gasteiger partial charge in [0.15, 0.2) is 0 Å². The van der Waals surface area contributed by atoms with Crippen molar-refractivity contribution < 1.29 is 32.1 Å². The van der Waals surface area contributed by atoms with Crippen LogP contribution < -0.4 is 4.31 Å². The van der Waals surface area contributed by atoms with Gasteiger partial charge in [-0.2, -0.15) is 4.31 Å². The van der Waals surface area contributed by atoms with E-state index in [2.05, 4.69) is 0 Å². The second kappa shape index (κ2) is 11.3. The molecule has 0 saturated heterocycles. The Morgan fingerprint density at radius 1 is 1.02 bits per heavy atom. The minimum Gasteiger partial charge on any atom is -0.462 e. The number of fused-ring (bicyclic) bond motifs is 1. The van der Waals surface area contributed by atoms with E-state index < -0.39 is 26.8 Å². The Bertz CT molecular complexity index is 1690. The number of esters is 1. The maximum atomic E-state index is 14.0. The van der Waals surface area contributed by atoms with Crippen LogP contribution in [0.1, 0.15) is 52.8 Å². The lowest BCUT2D eigenvalue weighted by atomic mass is 10.0. The van der Waals surface area contributed by atoms with E-state index in [9.17, 15) is 28.1 Å². The van der Waals surface area contributed by atoms with Crippen LogP contribution in [-0.2, 0) is 21.2 Å². The molecular formula is C29H28N2O8S. The molecule has 0 atom stereocenters. The molecule has 208 valence electrons. The molecule has 0 radical (unpaired) electrons. The van der Waals surface area contributed by atoms with Crippen molar-refractivity contribution >= 4 is 44.2 Å². The molecule has 4 rings (SSSR count). The number of rotatable bonds is 9. The van der Waals surface area contributed by atoms with Crippen molar-refractivity contribution in [2.75, 3.05) is 10.9 Å². The maximum Gasteiger partial charge on any atom is 0.342 e. The summed E-state index contributed by atoms with van der Waals surface area (Å²) in [4.78, 5) is 36.8. The number of aryl methyl sites for hydroxylation is 1. The molecule has 1 aromatic heterocycles. The number of amides is 1. The lowest BCUT2D eigenvalue weighted by molar-refractivity contribution is -0.384. The van der Waals surface area contributed by atoms with Gasteiger partial charge < -0.3 is 9.15 Å². The molecule has 11 heteroatoms. The molecular weight excluding hydrogens is 536 g/mol. The van der Waals surface area contributed by atoms with E-state index >= 15 is 0 Å². The van der Waals surface area contributed by atoms with E-state index in [4.69, 9.17) is 9.15 Å². The predicted octanol–water partition coefficient (Wildman–Crippen LogP) is 6.06. The van der Waals surface area contributed by atoms with E-state index in [-0.39, 0.29) is 45.2 Å². The zero-order valence-electron chi connectivity index (χ0n) is 22.4.